The van der Waals surface area contributed by atoms with Crippen LogP contribution in [0.5, 0.6) is 5.75 Å². The minimum absolute atomic E-state index is 0.0242. The lowest BCUT2D eigenvalue weighted by Crippen LogP contribution is -2.14. The van der Waals surface area contributed by atoms with Gasteiger partial charge in [-0.3, -0.25) is 4.79 Å². The summed E-state index contributed by atoms with van der Waals surface area (Å²) in [7, 11) is 1.63. The van der Waals surface area contributed by atoms with Crippen LogP contribution in [0.25, 0.3) is 0 Å². The third kappa shape index (κ3) is 5.95. The summed E-state index contributed by atoms with van der Waals surface area (Å²) < 4.78 is 5.12. The van der Waals surface area contributed by atoms with Crippen molar-refractivity contribution in [1.82, 2.24) is 0 Å². The van der Waals surface area contributed by atoms with Crippen LogP contribution in [0.4, 0.5) is 11.4 Å². The van der Waals surface area contributed by atoms with E-state index in [1.807, 2.05) is 48.5 Å². The molecule has 0 radical (unpaired) electrons. The number of nitrogens with one attached hydrogen (secondary N) is 2. The van der Waals surface area contributed by atoms with E-state index in [4.69, 9.17) is 4.74 Å². The van der Waals surface area contributed by atoms with Crippen LogP contribution >= 0.6 is 0 Å². The minimum Gasteiger partial charge on any atom is -0.497 e. The molecule has 0 saturated carbocycles. The molecule has 0 atom stereocenters. The first kappa shape index (κ1) is 17.9. The number of carbonyl (C=O) groups excluding carboxylic acids is 1. The third-order valence-corrected chi connectivity index (χ3v) is 3.80. The van der Waals surface area contributed by atoms with Gasteiger partial charge in [-0.15, -0.1) is 0 Å². The summed E-state index contributed by atoms with van der Waals surface area (Å²) in [6, 6.07) is 15.4. The van der Waals surface area contributed by atoms with Crippen molar-refractivity contribution >= 4 is 17.3 Å². The summed E-state index contributed by atoms with van der Waals surface area (Å²) in [5.41, 5.74) is 2.86. The van der Waals surface area contributed by atoms with Crippen molar-refractivity contribution < 1.29 is 9.53 Å². The zero-order chi connectivity index (χ0) is 17.2. The van der Waals surface area contributed by atoms with Crippen molar-refractivity contribution in [3.8, 4) is 5.75 Å². The number of anilines is 2. The van der Waals surface area contributed by atoms with Gasteiger partial charge in [0.25, 0.3) is 0 Å². The smallest absolute Gasteiger partial charge is 0.228 e. The highest BCUT2D eigenvalue weighted by molar-refractivity contribution is 5.92. The average molecular weight is 326 g/mol. The predicted molar refractivity (Wildman–Crippen MR) is 99.8 cm³/mol. The van der Waals surface area contributed by atoms with Crippen molar-refractivity contribution in [2.24, 2.45) is 0 Å². The first-order chi connectivity index (χ1) is 11.7. The first-order valence-electron chi connectivity index (χ1n) is 8.48. The van der Waals surface area contributed by atoms with Gasteiger partial charge >= 0.3 is 0 Å². The molecular weight excluding hydrogens is 300 g/mol. The van der Waals surface area contributed by atoms with Crippen LogP contribution in [0.1, 0.15) is 31.7 Å². The van der Waals surface area contributed by atoms with Gasteiger partial charge in [0.05, 0.1) is 13.5 Å². The number of benzene rings is 2. The summed E-state index contributed by atoms with van der Waals surface area (Å²) >= 11 is 0. The molecule has 0 fully saturated rings. The maximum Gasteiger partial charge on any atom is 0.228 e. The van der Waals surface area contributed by atoms with Crippen molar-refractivity contribution in [2.75, 3.05) is 24.3 Å². The van der Waals surface area contributed by atoms with Gasteiger partial charge in [-0.25, -0.2) is 0 Å². The van der Waals surface area contributed by atoms with Gasteiger partial charge in [-0.1, -0.05) is 31.9 Å². The van der Waals surface area contributed by atoms with E-state index in [0.717, 1.165) is 29.2 Å². The summed E-state index contributed by atoms with van der Waals surface area (Å²) in [6.07, 6.45) is 3.99. The zero-order valence-corrected chi connectivity index (χ0v) is 14.5. The van der Waals surface area contributed by atoms with E-state index in [-0.39, 0.29) is 5.91 Å². The number of rotatable bonds is 9. The second-order valence-corrected chi connectivity index (χ2v) is 5.78. The molecule has 0 aliphatic rings. The van der Waals surface area contributed by atoms with E-state index in [9.17, 15) is 4.79 Å². The molecule has 0 aliphatic heterocycles. The zero-order valence-electron chi connectivity index (χ0n) is 14.5. The fourth-order valence-electron chi connectivity index (χ4n) is 2.41. The van der Waals surface area contributed by atoms with E-state index in [0.29, 0.717) is 6.42 Å². The van der Waals surface area contributed by atoms with E-state index >= 15 is 0 Å². The van der Waals surface area contributed by atoms with Gasteiger partial charge in [0, 0.05) is 17.9 Å². The number of amides is 1. The molecule has 2 aromatic carbocycles. The van der Waals surface area contributed by atoms with Crippen LogP contribution in [0.15, 0.2) is 48.5 Å². The van der Waals surface area contributed by atoms with Crippen molar-refractivity contribution in [3.63, 3.8) is 0 Å². The van der Waals surface area contributed by atoms with Crippen LogP contribution in [0.3, 0.4) is 0 Å². The highest BCUT2D eigenvalue weighted by Crippen LogP contribution is 2.15. The van der Waals surface area contributed by atoms with Crippen molar-refractivity contribution in [3.05, 3.63) is 54.1 Å². The maximum absolute atomic E-state index is 12.1. The number of carbonyl (C=O) groups is 1. The Balaban J connectivity index is 1.80. The molecule has 0 heterocycles. The molecule has 4 heteroatoms. The number of methoxy groups -OCH3 is 1. The lowest BCUT2D eigenvalue weighted by molar-refractivity contribution is -0.115. The normalized spacial score (nSPS) is 10.2. The standard InChI is InChI=1S/C20H26N2O2/c1-3-4-5-14-21-17-8-10-18(11-9-17)22-20(23)15-16-6-12-19(24-2)13-7-16/h6-13,21H,3-5,14-15H2,1-2H3,(H,22,23). The molecule has 2 N–H and O–H groups in total. The molecule has 24 heavy (non-hydrogen) atoms. The number of hydrogen-bond donors (Lipinski definition) is 2. The number of ether oxygens (including phenoxy) is 1. The molecule has 0 spiro atoms. The fraction of sp³-hybridized carbons (Fsp3) is 0.350. The van der Waals surface area contributed by atoms with Gasteiger partial charge in [-0.2, -0.15) is 0 Å². The Morgan fingerprint density at radius 3 is 2.25 bits per heavy atom. The van der Waals surface area contributed by atoms with Crippen LogP contribution in [-0.4, -0.2) is 19.6 Å². The van der Waals surface area contributed by atoms with Crippen LogP contribution in [-0.2, 0) is 11.2 Å². The Morgan fingerprint density at radius 2 is 1.62 bits per heavy atom. The summed E-state index contributed by atoms with van der Waals surface area (Å²) in [4.78, 5) is 12.1. The van der Waals surface area contributed by atoms with Gasteiger partial charge in [0.15, 0.2) is 0 Å². The minimum atomic E-state index is -0.0242. The fourth-order valence-corrected chi connectivity index (χ4v) is 2.41. The highest BCUT2D eigenvalue weighted by atomic mass is 16.5. The van der Waals surface area contributed by atoms with E-state index in [2.05, 4.69) is 17.6 Å². The highest BCUT2D eigenvalue weighted by Gasteiger charge is 2.04. The predicted octanol–water partition coefficient (Wildman–Crippen LogP) is 4.48. The molecule has 128 valence electrons. The van der Waals surface area contributed by atoms with Gasteiger partial charge in [-0.05, 0) is 48.4 Å². The largest absolute Gasteiger partial charge is 0.497 e. The molecule has 4 nitrogen and oxygen atoms in total. The van der Waals surface area contributed by atoms with E-state index in [1.165, 1.54) is 19.3 Å². The lowest BCUT2D eigenvalue weighted by atomic mass is 10.1. The van der Waals surface area contributed by atoms with Crippen molar-refractivity contribution in [2.45, 2.75) is 32.6 Å². The van der Waals surface area contributed by atoms with Crippen LogP contribution < -0.4 is 15.4 Å². The molecular formula is C20H26N2O2. The molecule has 0 bridgehead atoms. The Hall–Kier alpha value is -2.49. The van der Waals surface area contributed by atoms with E-state index in [1.54, 1.807) is 7.11 Å². The molecule has 2 aromatic rings. The summed E-state index contributed by atoms with van der Waals surface area (Å²) in [5.74, 6) is 0.769. The summed E-state index contributed by atoms with van der Waals surface area (Å²) in [6.45, 7) is 3.18. The lowest BCUT2D eigenvalue weighted by Gasteiger charge is -2.09. The Bertz CT molecular complexity index is 621. The molecule has 1 amide bonds. The SMILES string of the molecule is CCCCCNc1ccc(NC(=O)Cc2ccc(OC)cc2)cc1. The van der Waals surface area contributed by atoms with Crippen LogP contribution in [0.2, 0.25) is 0 Å². The molecule has 2 rings (SSSR count). The number of unbranched alkanes of at least 4 members (excludes halogenated alkanes) is 2. The first-order valence-corrected chi connectivity index (χ1v) is 8.48. The molecule has 0 unspecified atom stereocenters. The quantitative estimate of drug-likeness (QED) is 0.668. The molecule has 0 saturated heterocycles. The Labute approximate surface area is 144 Å². The monoisotopic (exact) mass is 326 g/mol. The van der Waals surface area contributed by atoms with Gasteiger partial charge < -0.3 is 15.4 Å². The third-order valence-electron chi connectivity index (χ3n) is 3.80. The number of hydrogen-bond acceptors (Lipinski definition) is 3. The van der Waals surface area contributed by atoms with Crippen LogP contribution in [0, 0.1) is 0 Å². The topological polar surface area (TPSA) is 50.4 Å². The average Bonchev–Trinajstić information content (AvgIpc) is 2.61. The second kappa shape index (κ2) is 9.60. The summed E-state index contributed by atoms with van der Waals surface area (Å²) in [5, 5.41) is 6.31. The Morgan fingerprint density at radius 1 is 0.958 bits per heavy atom. The Kier molecular flexibility index (Phi) is 7.15. The molecule has 0 aliphatic carbocycles. The molecule has 0 aromatic heterocycles. The second-order valence-electron chi connectivity index (χ2n) is 5.78. The van der Waals surface area contributed by atoms with Crippen molar-refractivity contribution in [1.29, 1.82) is 0 Å². The maximum atomic E-state index is 12.1. The van der Waals surface area contributed by atoms with Gasteiger partial charge in [0.2, 0.25) is 5.91 Å². The van der Waals surface area contributed by atoms with Gasteiger partial charge in [0.1, 0.15) is 5.75 Å². The van der Waals surface area contributed by atoms with E-state index < -0.39 is 0 Å².